The first-order valence-corrected chi connectivity index (χ1v) is 7.16. The molecule has 1 aromatic heterocycles. The molecule has 1 N–H and O–H groups in total. The molecule has 0 amide bonds. The fourth-order valence-corrected chi connectivity index (χ4v) is 2.18. The van der Waals surface area contributed by atoms with Crippen molar-refractivity contribution < 1.29 is 17.9 Å². The topological polar surface area (TPSA) is 93.5 Å². The molecule has 0 radical (unpaired) electrons. The van der Waals surface area contributed by atoms with E-state index >= 15 is 0 Å². The number of nitrogens with one attached hydrogen (secondary N) is 1. The minimum atomic E-state index is -3.69. The van der Waals surface area contributed by atoms with E-state index in [-0.39, 0.29) is 13.0 Å². The number of hydrogen-bond donors (Lipinski definition) is 1. The number of methoxy groups -OCH3 is 1. The first-order chi connectivity index (χ1) is 8.89. The highest BCUT2D eigenvalue weighted by molar-refractivity contribution is 7.90. The fourth-order valence-electron chi connectivity index (χ4n) is 1.29. The second kappa shape index (κ2) is 6.53. The van der Waals surface area contributed by atoms with Crippen LogP contribution in [0.3, 0.4) is 0 Å². The number of aromatic nitrogens is 2. The third kappa shape index (κ3) is 4.52. The van der Waals surface area contributed by atoms with Crippen molar-refractivity contribution in [3.8, 4) is 0 Å². The molecule has 0 aromatic carbocycles. The van der Waals surface area contributed by atoms with Crippen molar-refractivity contribution in [1.29, 1.82) is 0 Å². The molecule has 0 spiro atoms. The summed E-state index contributed by atoms with van der Waals surface area (Å²) in [6.45, 7) is 2.59. The van der Waals surface area contributed by atoms with Crippen molar-refractivity contribution >= 4 is 21.9 Å². The van der Waals surface area contributed by atoms with Gasteiger partial charge in [0.25, 0.3) is 0 Å². The van der Waals surface area contributed by atoms with Gasteiger partial charge >= 0.3 is 16.2 Å². The second-order valence-electron chi connectivity index (χ2n) is 3.84. The van der Waals surface area contributed by atoms with Gasteiger partial charge < -0.3 is 4.74 Å². The lowest BCUT2D eigenvalue weighted by atomic mass is 10.4. The van der Waals surface area contributed by atoms with Gasteiger partial charge in [0.15, 0.2) is 0 Å². The molecule has 0 aliphatic rings. The largest absolute Gasteiger partial charge is 0.469 e. The van der Waals surface area contributed by atoms with E-state index in [9.17, 15) is 13.2 Å². The van der Waals surface area contributed by atoms with Crippen molar-refractivity contribution in [1.82, 2.24) is 14.1 Å². The van der Waals surface area contributed by atoms with Crippen LogP contribution in [0.15, 0.2) is 12.4 Å². The van der Waals surface area contributed by atoms with Gasteiger partial charge in [0.1, 0.15) is 0 Å². The maximum Gasteiger partial charge on any atom is 0.306 e. The fraction of sp³-hybridized carbons (Fsp3) is 0.600. The third-order valence-corrected chi connectivity index (χ3v) is 3.97. The minimum Gasteiger partial charge on any atom is -0.469 e. The lowest BCUT2D eigenvalue weighted by Gasteiger charge is -2.16. The van der Waals surface area contributed by atoms with Crippen molar-refractivity contribution in [2.24, 2.45) is 0 Å². The Morgan fingerprint density at radius 1 is 1.58 bits per heavy atom. The van der Waals surface area contributed by atoms with Crippen molar-refractivity contribution in [3.63, 3.8) is 0 Å². The van der Waals surface area contributed by atoms with Crippen LogP contribution < -0.4 is 4.72 Å². The number of carbonyl (C=O) groups excluding carboxylic acids is 1. The van der Waals surface area contributed by atoms with Crippen LogP contribution in [0.1, 0.15) is 13.3 Å². The zero-order valence-electron chi connectivity index (χ0n) is 11.2. The standard InChI is InChI=1S/C10H18N4O4S/c1-4-14-8-9(7-11-14)12-19(16,17)13(2)6-5-10(15)18-3/h7-8,12H,4-6H2,1-3H3. The van der Waals surface area contributed by atoms with E-state index in [1.807, 2.05) is 6.92 Å². The maximum absolute atomic E-state index is 11.9. The molecule has 0 bridgehead atoms. The Labute approximate surface area is 112 Å². The van der Waals surface area contributed by atoms with Crippen LogP contribution >= 0.6 is 0 Å². The summed E-state index contributed by atoms with van der Waals surface area (Å²) in [5.41, 5.74) is 0.381. The average molecular weight is 290 g/mol. The average Bonchev–Trinajstić information content (AvgIpc) is 2.82. The van der Waals surface area contributed by atoms with E-state index < -0.39 is 16.2 Å². The summed E-state index contributed by atoms with van der Waals surface area (Å²) in [4.78, 5) is 11.0. The number of rotatable bonds is 7. The zero-order chi connectivity index (χ0) is 14.5. The molecule has 0 saturated carbocycles. The van der Waals surface area contributed by atoms with Gasteiger partial charge in [-0.3, -0.25) is 14.2 Å². The second-order valence-corrected chi connectivity index (χ2v) is 5.62. The molecule has 0 aliphatic carbocycles. The molecular formula is C10H18N4O4S. The molecule has 0 saturated heterocycles. The Hall–Kier alpha value is -1.61. The maximum atomic E-state index is 11.9. The predicted octanol–water partition coefficient (Wildman–Crippen LogP) is 0.0546. The number of aryl methyl sites for hydroxylation is 1. The van der Waals surface area contributed by atoms with Crippen LogP contribution in [0.5, 0.6) is 0 Å². The summed E-state index contributed by atoms with van der Waals surface area (Å²) in [5.74, 6) is -0.458. The summed E-state index contributed by atoms with van der Waals surface area (Å²) in [5, 5.41) is 3.96. The number of anilines is 1. The highest BCUT2D eigenvalue weighted by Crippen LogP contribution is 2.09. The first-order valence-electron chi connectivity index (χ1n) is 5.72. The molecule has 108 valence electrons. The lowest BCUT2D eigenvalue weighted by molar-refractivity contribution is -0.140. The Morgan fingerprint density at radius 2 is 2.26 bits per heavy atom. The zero-order valence-corrected chi connectivity index (χ0v) is 12.0. The van der Waals surface area contributed by atoms with E-state index in [1.165, 1.54) is 20.4 Å². The van der Waals surface area contributed by atoms with Gasteiger partial charge in [-0.15, -0.1) is 0 Å². The Balaban J connectivity index is 2.61. The van der Waals surface area contributed by atoms with E-state index in [2.05, 4.69) is 14.6 Å². The van der Waals surface area contributed by atoms with Crippen LogP contribution in [0.2, 0.25) is 0 Å². The summed E-state index contributed by atoms with van der Waals surface area (Å²) >= 11 is 0. The number of ether oxygens (including phenoxy) is 1. The lowest BCUT2D eigenvalue weighted by Crippen LogP contribution is -2.34. The van der Waals surface area contributed by atoms with Crippen LogP contribution in [0, 0.1) is 0 Å². The third-order valence-electron chi connectivity index (χ3n) is 2.47. The van der Waals surface area contributed by atoms with Crippen molar-refractivity contribution in [2.45, 2.75) is 19.9 Å². The molecule has 1 heterocycles. The van der Waals surface area contributed by atoms with Crippen molar-refractivity contribution in [3.05, 3.63) is 12.4 Å². The van der Waals surface area contributed by atoms with Gasteiger partial charge in [0, 0.05) is 26.3 Å². The van der Waals surface area contributed by atoms with Crippen LogP contribution in [0.25, 0.3) is 0 Å². The molecule has 1 rings (SSSR count). The predicted molar refractivity (Wildman–Crippen MR) is 69.7 cm³/mol. The summed E-state index contributed by atoms with van der Waals surface area (Å²) in [6, 6.07) is 0. The Kier molecular flexibility index (Phi) is 5.31. The van der Waals surface area contributed by atoms with Gasteiger partial charge in [-0.25, -0.2) is 0 Å². The van der Waals surface area contributed by atoms with Gasteiger partial charge in [-0.2, -0.15) is 17.8 Å². The molecule has 0 fully saturated rings. The molecular weight excluding hydrogens is 272 g/mol. The van der Waals surface area contributed by atoms with Crippen LogP contribution in [-0.4, -0.2) is 49.2 Å². The molecule has 0 atom stereocenters. The van der Waals surface area contributed by atoms with Gasteiger partial charge in [0.2, 0.25) is 0 Å². The summed E-state index contributed by atoms with van der Waals surface area (Å²) in [6.07, 6.45) is 3.02. The molecule has 0 unspecified atom stereocenters. The SMILES string of the molecule is CCn1cc(NS(=O)(=O)N(C)CCC(=O)OC)cn1. The van der Waals surface area contributed by atoms with E-state index in [4.69, 9.17) is 0 Å². The Morgan fingerprint density at radius 3 is 2.79 bits per heavy atom. The summed E-state index contributed by atoms with van der Waals surface area (Å²) in [7, 11) is -1.05. The monoisotopic (exact) mass is 290 g/mol. The van der Waals surface area contributed by atoms with E-state index in [1.54, 1.807) is 10.9 Å². The highest BCUT2D eigenvalue weighted by atomic mass is 32.2. The number of hydrogen-bond acceptors (Lipinski definition) is 5. The summed E-state index contributed by atoms with van der Waals surface area (Å²) < 4.78 is 33.3. The van der Waals surface area contributed by atoms with Gasteiger partial charge in [-0.1, -0.05) is 0 Å². The van der Waals surface area contributed by atoms with Gasteiger partial charge in [-0.05, 0) is 6.92 Å². The molecule has 0 aliphatic heterocycles. The molecule has 1 aromatic rings. The number of carbonyl (C=O) groups is 1. The van der Waals surface area contributed by atoms with Crippen LogP contribution in [-0.2, 0) is 26.3 Å². The quantitative estimate of drug-likeness (QED) is 0.716. The molecule has 8 nitrogen and oxygen atoms in total. The van der Waals surface area contributed by atoms with Crippen LogP contribution in [0.4, 0.5) is 5.69 Å². The smallest absolute Gasteiger partial charge is 0.306 e. The highest BCUT2D eigenvalue weighted by Gasteiger charge is 2.19. The van der Waals surface area contributed by atoms with E-state index in [0.717, 1.165) is 4.31 Å². The number of esters is 1. The first kappa shape index (κ1) is 15.4. The molecule has 19 heavy (non-hydrogen) atoms. The van der Waals surface area contributed by atoms with E-state index in [0.29, 0.717) is 12.2 Å². The number of nitrogens with zero attached hydrogens (tertiary/aromatic N) is 3. The Bertz CT molecular complexity index is 525. The minimum absolute atomic E-state index is 0.00211. The van der Waals surface area contributed by atoms with Crippen molar-refractivity contribution in [2.75, 3.05) is 25.4 Å². The molecule has 9 heteroatoms. The van der Waals surface area contributed by atoms with Gasteiger partial charge in [0.05, 0.1) is 25.4 Å². The normalized spacial score (nSPS) is 11.6.